The van der Waals surface area contributed by atoms with Crippen molar-refractivity contribution < 1.29 is 13.9 Å². The third-order valence-corrected chi connectivity index (χ3v) is 3.18. The van der Waals surface area contributed by atoms with Gasteiger partial charge in [-0.1, -0.05) is 22.0 Å². The van der Waals surface area contributed by atoms with Crippen LogP contribution in [0.25, 0.3) is 0 Å². The van der Waals surface area contributed by atoms with E-state index in [-0.39, 0.29) is 11.3 Å². The number of aryl methyl sites for hydroxylation is 1. The normalized spacial score (nSPS) is 10.2. The van der Waals surface area contributed by atoms with Gasteiger partial charge in [-0.25, -0.2) is 4.39 Å². The van der Waals surface area contributed by atoms with Crippen LogP contribution in [0.1, 0.15) is 15.9 Å². The number of ether oxygens (including phenoxy) is 1. The van der Waals surface area contributed by atoms with Crippen molar-refractivity contribution in [3.05, 3.63) is 57.8 Å². The molecule has 2 aromatic carbocycles. The first-order valence-electron chi connectivity index (χ1n) is 5.92. The van der Waals surface area contributed by atoms with Gasteiger partial charge in [-0.05, 0) is 42.8 Å². The van der Waals surface area contributed by atoms with Crippen molar-refractivity contribution in [2.75, 3.05) is 12.4 Å². The number of halogens is 2. The van der Waals surface area contributed by atoms with E-state index in [0.717, 1.165) is 10.0 Å². The number of benzene rings is 2. The summed E-state index contributed by atoms with van der Waals surface area (Å²) in [7, 11) is 1.40. The quantitative estimate of drug-likeness (QED) is 0.913. The molecule has 0 aliphatic carbocycles. The topological polar surface area (TPSA) is 38.3 Å². The molecule has 0 saturated carbocycles. The van der Waals surface area contributed by atoms with E-state index >= 15 is 0 Å². The van der Waals surface area contributed by atoms with Crippen LogP contribution >= 0.6 is 15.9 Å². The maximum atomic E-state index is 13.8. The van der Waals surface area contributed by atoms with Gasteiger partial charge in [0, 0.05) is 10.2 Å². The third kappa shape index (κ3) is 3.17. The largest absolute Gasteiger partial charge is 0.496 e. The van der Waals surface area contributed by atoms with Gasteiger partial charge in [-0.2, -0.15) is 0 Å². The monoisotopic (exact) mass is 337 g/mol. The molecule has 104 valence electrons. The fourth-order valence-corrected chi connectivity index (χ4v) is 2.50. The van der Waals surface area contributed by atoms with Crippen molar-refractivity contribution in [3.63, 3.8) is 0 Å². The number of rotatable bonds is 3. The first-order valence-corrected chi connectivity index (χ1v) is 6.71. The zero-order valence-electron chi connectivity index (χ0n) is 11.0. The summed E-state index contributed by atoms with van der Waals surface area (Å²) >= 11 is 3.35. The van der Waals surface area contributed by atoms with Gasteiger partial charge in [-0.15, -0.1) is 0 Å². The number of carbonyl (C=O) groups excluding carboxylic acids is 1. The summed E-state index contributed by atoms with van der Waals surface area (Å²) in [4.78, 5) is 12.2. The molecular weight excluding hydrogens is 325 g/mol. The van der Waals surface area contributed by atoms with Crippen molar-refractivity contribution in [2.45, 2.75) is 6.92 Å². The highest BCUT2D eigenvalue weighted by Crippen LogP contribution is 2.24. The zero-order valence-corrected chi connectivity index (χ0v) is 12.6. The maximum absolute atomic E-state index is 13.8. The van der Waals surface area contributed by atoms with E-state index < -0.39 is 11.7 Å². The molecule has 0 aliphatic heterocycles. The van der Waals surface area contributed by atoms with Gasteiger partial charge >= 0.3 is 0 Å². The Morgan fingerprint density at radius 3 is 2.70 bits per heavy atom. The average molecular weight is 338 g/mol. The Morgan fingerprint density at radius 2 is 2.05 bits per heavy atom. The van der Waals surface area contributed by atoms with E-state index in [4.69, 9.17) is 4.74 Å². The van der Waals surface area contributed by atoms with Crippen LogP contribution in [0, 0.1) is 12.7 Å². The predicted octanol–water partition coefficient (Wildman–Crippen LogP) is 4.16. The highest BCUT2D eigenvalue weighted by Gasteiger charge is 2.17. The van der Waals surface area contributed by atoms with Crippen molar-refractivity contribution in [2.24, 2.45) is 0 Å². The molecule has 0 atom stereocenters. The second-order valence-electron chi connectivity index (χ2n) is 4.29. The number of hydrogen-bond donors (Lipinski definition) is 1. The molecule has 0 aromatic heterocycles. The Morgan fingerprint density at radius 1 is 1.30 bits per heavy atom. The van der Waals surface area contributed by atoms with Gasteiger partial charge in [-0.3, -0.25) is 4.79 Å². The standard InChI is InChI=1S/C15H13BrFNO2/c1-9-6-10(16)8-11(7-9)18-15(19)14-12(17)4-3-5-13(14)20-2/h3-8H,1-2H3,(H,18,19). The number of anilines is 1. The van der Waals surface area contributed by atoms with Crippen molar-refractivity contribution in [3.8, 4) is 5.75 Å². The lowest BCUT2D eigenvalue weighted by atomic mass is 10.1. The van der Waals surface area contributed by atoms with Crippen LogP contribution in [0.4, 0.5) is 10.1 Å². The molecule has 2 rings (SSSR count). The number of nitrogens with one attached hydrogen (secondary N) is 1. The molecule has 3 nitrogen and oxygen atoms in total. The van der Waals surface area contributed by atoms with E-state index in [2.05, 4.69) is 21.2 Å². The lowest BCUT2D eigenvalue weighted by molar-refractivity contribution is 0.102. The molecule has 0 saturated heterocycles. The summed E-state index contributed by atoms with van der Waals surface area (Å²) in [5.41, 5.74) is 1.47. The second-order valence-corrected chi connectivity index (χ2v) is 5.20. The number of methoxy groups -OCH3 is 1. The average Bonchev–Trinajstić information content (AvgIpc) is 2.36. The van der Waals surface area contributed by atoms with Gasteiger partial charge in [0.05, 0.1) is 7.11 Å². The molecule has 20 heavy (non-hydrogen) atoms. The molecule has 0 fully saturated rings. The summed E-state index contributed by atoms with van der Waals surface area (Å²) in [5, 5.41) is 2.67. The van der Waals surface area contributed by atoms with Crippen molar-refractivity contribution in [1.82, 2.24) is 0 Å². The summed E-state index contributed by atoms with van der Waals surface area (Å²) < 4.78 is 19.7. The molecule has 0 spiro atoms. The first-order chi connectivity index (χ1) is 9.51. The molecule has 0 heterocycles. The summed E-state index contributed by atoms with van der Waals surface area (Å²) in [6.07, 6.45) is 0. The van der Waals surface area contributed by atoms with E-state index in [1.807, 2.05) is 13.0 Å². The van der Waals surface area contributed by atoms with Gasteiger partial charge in [0.2, 0.25) is 0 Å². The number of hydrogen-bond acceptors (Lipinski definition) is 2. The van der Waals surface area contributed by atoms with E-state index in [0.29, 0.717) is 5.69 Å². The van der Waals surface area contributed by atoms with Crippen LogP contribution in [0.2, 0.25) is 0 Å². The fourth-order valence-electron chi connectivity index (χ4n) is 1.90. The Hall–Kier alpha value is -1.88. The molecule has 0 radical (unpaired) electrons. The molecule has 0 aliphatic rings. The van der Waals surface area contributed by atoms with Crippen LogP contribution < -0.4 is 10.1 Å². The zero-order chi connectivity index (χ0) is 14.7. The van der Waals surface area contributed by atoms with Crippen LogP contribution in [-0.2, 0) is 0 Å². The van der Waals surface area contributed by atoms with Crippen LogP contribution in [0.3, 0.4) is 0 Å². The lowest BCUT2D eigenvalue weighted by Crippen LogP contribution is -2.15. The van der Waals surface area contributed by atoms with Crippen LogP contribution in [0.5, 0.6) is 5.75 Å². The Balaban J connectivity index is 2.33. The predicted molar refractivity (Wildman–Crippen MR) is 79.8 cm³/mol. The van der Waals surface area contributed by atoms with Crippen LogP contribution in [-0.4, -0.2) is 13.0 Å². The Labute approximate surface area is 124 Å². The third-order valence-electron chi connectivity index (χ3n) is 2.72. The summed E-state index contributed by atoms with van der Waals surface area (Å²) in [6, 6.07) is 9.73. The fraction of sp³-hybridized carbons (Fsp3) is 0.133. The maximum Gasteiger partial charge on any atom is 0.262 e. The molecule has 1 N–H and O–H groups in total. The van der Waals surface area contributed by atoms with Crippen LogP contribution in [0.15, 0.2) is 40.9 Å². The Kier molecular flexibility index (Phi) is 4.39. The first kappa shape index (κ1) is 14.5. The summed E-state index contributed by atoms with van der Waals surface area (Å²) in [6.45, 7) is 1.91. The number of amides is 1. The molecular formula is C15H13BrFNO2. The van der Waals surface area contributed by atoms with E-state index in [1.165, 1.54) is 19.2 Å². The molecule has 0 unspecified atom stereocenters. The molecule has 2 aromatic rings. The minimum atomic E-state index is -0.617. The smallest absolute Gasteiger partial charge is 0.262 e. The van der Waals surface area contributed by atoms with Gasteiger partial charge in [0.1, 0.15) is 17.1 Å². The minimum Gasteiger partial charge on any atom is -0.496 e. The second kappa shape index (κ2) is 6.05. The van der Waals surface area contributed by atoms with Gasteiger partial charge < -0.3 is 10.1 Å². The van der Waals surface area contributed by atoms with Crippen molar-refractivity contribution >= 4 is 27.5 Å². The van der Waals surface area contributed by atoms with Gasteiger partial charge in [0.25, 0.3) is 5.91 Å². The molecule has 5 heteroatoms. The summed E-state index contributed by atoms with van der Waals surface area (Å²) in [5.74, 6) is -0.958. The van der Waals surface area contributed by atoms with Gasteiger partial charge in [0.15, 0.2) is 0 Å². The highest BCUT2D eigenvalue weighted by atomic mass is 79.9. The molecule has 0 bridgehead atoms. The Bertz CT molecular complexity index is 638. The molecule has 1 amide bonds. The van der Waals surface area contributed by atoms with Crippen molar-refractivity contribution in [1.29, 1.82) is 0 Å². The number of carbonyl (C=O) groups is 1. The highest BCUT2D eigenvalue weighted by molar-refractivity contribution is 9.10. The SMILES string of the molecule is COc1cccc(F)c1C(=O)Nc1cc(C)cc(Br)c1. The lowest BCUT2D eigenvalue weighted by Gasteiger charge is -2.11. The minimum absolute atomic E-state index is 0.104. The van der Waals surface area contributed by atoms with E-state index in [9.17, 15) is 9.18 Å². The van der Waals surface area contributed by atoms with E-state index in [1.54, 1.807) is 18.2 Å².